The number of rotatable bonds is 4. The second-order valence-corrected chi connectivity index (χ2v) is 7.65. The molecule has 144 valence electrons. The lowest BCUT2D eigenvalue weighted by Gasteiger charge is -2.38. The van der Waals surface area contributed by atoms with Crippen LogP contribution in [-0.4, -0.2) is 32.3 Å². The number of ether oxygens (including phenoxy) is 2. The summed E-state index contributed by atoms with van der Waals surface area (Å²) >= 11 is 0. The molecule has 26 heavy (non-hydrogen) atoms. The van der Waals surface area contributed by atoms with Gasteiger partial charge in [0.15, 0.2) is 11.5 Å². The van der Waals surface area contributed by atoms with Gasteiger partial charge in [0.2, 0.25) is 12.7 Å². The predicted octanol–water partition coefficient (Wildman–Crippen LogP) is 3.15. The molecule has 0 aromatic heterocycles. The molecule has 2 N–H and O–H groups in total. The maximum atomic E-state index is 12.6. The number of fused-ring (bicyclic) bond motifs is 1. The summed E-state index contributed by atoms with van der Waals surface area (Å²) in [5.41, 5.74) is 1.31. The van der Waals surface area contributed by atoms with Crippen LogP contribution in [0.15, 0.2) is 18.2 Å². The van der Waals surface area contributed by atoms with Crippen molar-refractivity contribution in [2.75, 3.05) is 26.4 Å². The number of piperidine rings is 1. The van der Waals surface area contributed by atoms with E-state index < -0.39 is 0 Å². The third-order valence-corrected chi connectivity index (χ3v) is 6.11. The van der Waals surface area contributed by atoms with E-state index in [1.165, 1.54) is 24.8 Å². The summed E-state index contributed by atoms with van der Waals surface area (Å²) in [5, 5.41) is 6.62. The number of hydrogen-bond acceptors (Lipinski definition) is 4. The van der Waals surface area contributed by atoms with E-state index in [9.17, 15) is 4.79 Å². The predicted molar refractivity (Wildman–Crippen MR) is 103 cm³/mol. The van der Waals surface area contributed by atoms with Crippen LogP contribution in [0, 0.1) is 5.92 Å². The lowest BCUT2D eigenvalue weighted by Crippen LogP contribution is -2.45. The lowest BCUT2D eigenvalue weighted by atomic mass is 9.69. The Morgan fingerprint density at radius 2 is 1.85 bits per heavy atom. The lowest BCUT2D eigenvalue weighted by molar-refractivity contribution is -0.126. The minimum atomic E-state index is 0. The Kier molecular flexibility index (Phi) is 6.30. The second-order valence-electron chi connectivity index (χ2n) is 7.65. The molecule has 0 atom stereocenters. The first-order valence-electron chi connectivity index (χ1n) is 9.65. The highest BCUT2D eigenvalue weighted by Gasteiger charge is 2.36. The van der Waals surface area contributed by atoms with Crippen molar-refractivity contribution < 1.29 is 14.3 Å². The maximum absolute atomic E-state index is 12.6. The fourth-order valence-corrected chi connectivity index (χ4v) is 4.51. The number of carbonyl (C=O) groups is 1. The third kappa shape index (κ3) is 3.94. The van der Waals surface area contributed by atoms with Crippen molar-refractivity contribution in [1.29, 1.82) is 0 Å². The van der Waals surface area contributed by atoms with Crippen LogP contribution in [0.5, 0.6) is 11.5 Å². The van der Waals surface area contributed by atoms with Crippen LogP contribution in [0.3, 0.4) is 0 Å². The number of halogens is 1. The van der Waals surface area contributed by atoms with Gasteiger partial charge in [0.05, 0.1) is 0 Å². The fourth-order valence-electron chi connectivity index (χ4n) is 4.51. The molecule has 5 nitrogen and oxygen atoms in total. The molecule has 1 aromatic carbocycles. The van der Waals surface area contributed by atoms with E-state index >= 15 is 0 Å². The fraction of sp³-hybridized carbons (Fsp3) is 0.650. The van der Waals surface area contributed by atoms with Gasteiger partial charge < -0.3 is 20.1 Å². The largest absolute Gasteiger partial charge is 0.454 e. The van der Waals surface area contributed by atoms with Gasteiger partial charge in [-0.05, 0) is 56.5 Å². The standard InChI is InChI=1S/C20H28N2O3.ClH/c23-19(15-6-10-21-11-7-15)22-13-20(8-2-1-3-9-20)16-4-5-17-18(12-16)25-14-24-17;/h4-5,12,15,21H,1-3,6-11,13-14H2,(H,22,23);1H. The number of nitrogens with one attached hydrogen (secondary N) is 2. The molecule has 2 heterocycles. The molecule has 0 unspecified atom stereocenters. The highest BCUT2D eigenvalue weighted by molar-refractivity contribution is 5.85. The van der Waals surface area contributed by atoms with Crippen LogP contribution >= 0.6 is 12.4 Å². The zero-order chi connectivity index (χ0) is 17.1. The van der Waals surface area contributed by atoms with Crippen molar-refractivity contribution in [1.82, 2.24) is 10.6 Å². The normalized spacial score (nSPS) is 21.7. The minimum absolute atomic E-state index is 0. The van der Waals surface area contributed by atoms with Crippen molar-refractivity contribution in [2.45, 2.75) is 50.4 Å². The van der Waals surface area contributed by atoms with Crippen LogP contribution in [0.4, 0.5) is 0 Å². The maximum Gasteiger partial charge on any atom is 0.231 e. The quantitative estimate of drug-likeness (QED) is 0.842. The number of hydrogen-bond donors (Lipinski definition) is 2. The van der Waals surface area contributed by atoms with Crippen molar-refractivity contribution in [3.05, 3.63) is 23.8 Å². The second kappa shape index (κ2) is 8.49. The first-order valence-corrected chi connectivity index (χ1v) is 9.65. The van der Waals surface area contributed by atoms with Crippen molar-refractivity contribution in [3.63, 3.8) is 0 Å². The van der Waals surface area contributed by atoms with Crippen LogP contribution < -0.4 is 20.1 Å². The SMILES string of the molecule is Cl.O=C(NCC1(c2ccc3c(c2)OCO3)CCCCC1)C1CCNCC1. The van der Waals surface area contributed by atoms with Gasteiger partial charge in [0, 0.05) is 17.9 Å². The Morgan fingerprint density at radius 1 is 1.12 bits per heavy atom. The highest BCUT2D eigenvalue weighted by atomic mass is 35.5. The summed E-state index contributed by atoms with van der Waals surface area (Å²) in [6, 6.07) is 6.31. The molecule has 2 fully saturated rings. The van der Waals surface area contributed by atoms with Gasteiger partial charge in [0.25, 0.3) is 0 Å². The molecule has 1 aliphatic carbocycles. The number of benzene rings is 1. The Bertz CT molecular complexity index is 625. The highest BCUT2D eigenvalue weighted by Crippen LogP contribution is 2.43. The van der Waals surface area contributed by atoms with Crippen molar-refractivity contribution in [3.8, 4) is 11.5 Å². The molecule has 4 rings (SSSR count). The van der Waals surface area contributed by atoms with E-state index in [1.54, 1.807) is 0 Å². The number of amides is 1. The smallest absolute Gasteiger partial charge is 0.231 e. The monoisotopic (exact) mass is 380 g/mol. The van der Waals surface area contributed by atoms with Gasteiger partial charge in [-0.25, -0.2) is 0 Å². The van der Waals surface area contributed by atoms with Crippen LogP contribution in [0.2, 0.25) is 0 Å². The van der Waals surface area contributed by atoms with Gasteiger partial charge in [-0.2, -0.15) is 0 Å². The molecular weight excluding hydrogens is 352 g/mol. The van der Waals surface area contributed by atoms with Gasteiger partial charge in [0.1, 0.15) is 0 Å². The molecule has 1 saturated heterocycles. The van der Waals surface area contributed by atoms with E-state index in [2.05, 4.69) is 22.8 Å². The Labute approximate surface area is 161 Å². The summed E-state index contributed by atoms with van der Waals surface area (Å²) in [4.78, 5) is 12.6. The molecule has 0 radical (unpaired) electrons. The van der Waals surface area contributed by atoms with E-state index in [4.69, 9.17) is 9.47 Å². The Hall–Kier alpha value is -1.46. The topological polar surface area (TPSA) is 59.6 Å². The van der Waals surface area contributed by atoms with Crippen LogP contribution in [-0.2, 0) is 10.2 Å². The molecule has 1 aromatic rings. The zero-order valence-electron chi connectivity index (χ0n) is 15.2. The van der Waals surface area contributed by atoms with E-state index in [1.807, 2.05) is 6.07 Å². The molecule has 0 spiro atoms. The minimum Gasteiger partial charge on any atom is -0.454 e. The van der Waals surface area contributed by atoms with Crippen LogP contribution in [0.25, 0.3) is 0 Å². The van der Waals surface area contributed by atoms with Gasteiger partial charge in [-0.15, -0.1) is 12.4 Å². The number of carbonyl (C=O) groups excluding carboxylic acids is 1. The summed E-state index contributed by atoms with van der Waals surface area (Å²) in [6.07, 6.45) is 7.87. The summed E-state index contributed by atoms with van der Waals surface area (Å²) < 4.78 is 11.0. The van der Waals surface area contributed by atoms with E-state index in [0.29, 0.717) is 6.79 Å². The molecule has 1 saturated carbocycles. The molecule has 0 bridgehead atoms. The van der Waals surface area contributed by atoms with Crippen molar-refractivity contribution >= 4 is 18.3 Å². The molecule has 1 amide bonds. The summed E-state index contributed by atoms with van der Waals surface area (Å²) in [6.45, 7) is 2.93. The van der Waals surface area contributed by atoms with Crippen LogP contribution in [0.1, 0.15) is 50.5 Å². The summed E-state index contributed by atoms with van der Waals surface area (Å²) in [5.74, 6) is 2.06. The van der Waals surface area contributed by atoms with E-state index in [-0.39, 0.29) is 29.6 Å². The molecule has 3 aliphatic rings. The van der Waals surface area contributed by atoms with Gasteiger partial charge in [-0.1, -0.05) is 25.3 Å². The summed E-state index contributed by atoms with van der Waals surface area (Å²) in [7, 11) is 0. The first kappa shape index (κ1) is 19.3. The third-order valence-electron chi connectivity index (χ3n) is 6.11. The molecule has 2 aliphatic heterocycles. The molecule has 6 heteroatoms. The average molecular weight is 381 g/mol. The van der Waals surface area contributed by atoms with E-state index in [0.717, 1.165) is 56.8 Å². The average Bonchev–Trinajstić information content (AvgIpc) is 3.15. The molecular formula is C20H29ClN2O3. The first-order chi connectivity index (χ1) is 12.3. The zero-order valence-corrected chi connectivity index (χ0v) is 16.0. The van der Waals surface area contributed by atoms with Gasteiger partial charge >= 0.3 is 0 Å². The van der Waals surface area contributed by atoms with Gasteiger partial charge in [-0.3, -0.25) is 4.79 Å². The Balaban J connectivity index is 0.00000196. The Morgan fingerprint density at radius 3 is 2.62 bits per heavy atom. The van der Waals surface area contributed by atoms with Crippen molar-refractivity contribution in [2.24, 2.45) is 5.92 Å².